The lowest BCUT2D eigenvalue weighted by Gasteiger charge is -2.40. The van der Waals surface area contributed by atoms with Gasteiger partial charge in [0.15, 0.2) is 0 Å². The summed E-state index contributed by atoms with van der Waals surface area (Å²) in [4.78, 5) is 11.4. The first-order chi connectivity index (χ1) is 13.4. The van der Waals surface area contributed by atoms with Crippen molar-refractivity contribution in [3.63, 3.8) is 0 Å². The van der Waals surface area contributed by atoms with Crippen molar-refractivity contribution >= 4 is 16.0 Å². The summed E-state index contributed by atoms with van der Waals surface area (Å²) in [5, 5.41) is 0. The molecule has 7 heteroatoms. The van der Waals surface area contributed by atoms with Crippen LogP contribution in [0.2, 0.25) is 0 Å². The Hall–Kier alpha value is -1.99. The van der Waals surface area contributed by atoms with Gasteiger partial charge in [0.1, 0.15) is 0 Å². The molecule has 1 spiro atoms. The molecule has 2 saturated heterocycles. The van der Waals surface area contributed by atoms with Crippen molar-refractivity contribution < 1.29 is 8.42 Å². The van der Waals surface area contributed by atoms with Crippen LogP contribution in [0.3, 0.4) is 0 Å². The molecule has 0 radical (unpaired) electrons. The molecule has 4 rings (SSSR count). The van der Waals surface area contributed by atoms with Gasteiger partial charge in [0.25, 0.3) is 0 Å². The standard InChI is InChI=1S/C21H28N4O2S/c1-17(2)18-5-7-19(8-6-18)28(26,27)25-14-10-21(16-25)9-3-13-24(15-21)20-22-11-4-12-23-20/h4-8,11-12,17H,3,9-10,13-16H2,1-2H3. The molecule has 0 aliphatic carbocycles. The second-order valence-electron chi connectivity index (χ2n) is 8.39. The minimum absolute atomic E-state index is 0.0115. The SMILES string of the molecule is CC(C)c1ccc(S(=O)(=O)N2CCC3(CCCN(c4ncccn4)C3)C2)cc1. The first-order valence-corrected chi connectivity index (χ1v) is 11.5. The summed E-state index contributed by atoms with van der Waals surface area (Å²) in [6.07, 6.45) is 6.50. The minimum atomic E-state index is -3.46. The number of benzene rings is 1. The zero-order valence-electron chi connectivity index (χ0n) is 16.6. The fourth-order valence-electron chi connectivity index (χ4n) is 4.44. The fourth-order valence-corrected chi connectivity index (χ4v) is 5.99. The van der Waals surface area contributed by atoms with E-state index in [9.17, 15) is 8.42 Å². The smallest absolute Gasteiger partial charge is 0.243 e. The Bertz CT molecular complexity index is 915. The molecule has 1 atom stereocenters. The molecular weight excluding hydrogens is 372 g/mol. The zero-order valence-corrected chi connectivity index (χ0v) is 17.4. The average Bonchev–Trinajstić information content (AvgIpc) is 3.12. The highest BCUT2D eigenvalue weighted by Gasteiger charge is 2.45. The third-order valence-electron chi connectivity index (χ3n) is 6.08. The molecule has 3 heterocycles. The van der Waals surface area contributed by atoms with Crippen LogP contribution in [-0.2, 0) is 10.0 Å². The lowest BCUT2D eigenvalue weighted by molar-refractivity contribution is 0.246. The predicted molar refractivity (Wildman–Crippen MR) is 110 cm³/mol. The van der Waals surface area contributed by atoms with Crippen LogP contribution in [0, 0.1) is 5.41 Å². The highest BCUT2D eigenvalue weighted by Crippen LogP contribution is 2.41. The minimum Gasteiger partial charge on any atom is -0.340 e. The van der Waals surface area contributed by atoms with Crippen molar-refractivity contribution in [2.45, 2.75) is 43.9 Å². The molecule has 0 bridgehead atoms. The van der Waals surface area contributed by atoms with Crippen LogP contribution in [0.25, 0.3) is 0 Å². The maximum atomic E-state index is 13.2. The topological polar surface area (TPSA) is 66.4 Å². The first-order valence-electron chi connectivity index (χ1n) is 10.0. The third-order valence-corrected chi connectivity index (χ3v) is 7.94. The molecule has 2 aliphatic heterocycles. The Balaban J connectivity index is 1.51. The van der Waals surface area contributed by atoms with Gasteiger partial charge in [-0.05, 0) is 48.9 Å². The summed E-state index contributed by atoms with van der Waals surface area (Å²) >= 11 is 0. The molecule has 0 amide bonds. The molecule has 1 unspecified atom stereocenters. The summed E-state index contributed by atoms with van der Waals surface area (Å²) in [5.74, 6) is 1.13. The van der Waals surface area contributed by atoms with Crippen LogP contribution in [0.15, 0.2) is 47.6 Å². The molecule has 2 fully saturated rings. The number of hydrogen-bond acceptors (Lipinski definition) is 5. The van der Waals surface area contributed by atoms with Gasteiger partial charge in [0.05, 0.1) is 4.90 Å². The molecule has 2 aliphatic rings. The van der Waals surface area contributed by atoms with E-state index in [-0.39, 0.29) is 5.41 Å². The van der Waals surface area contributed by atoms with Crippen LogP contribution in [0.5, 0.6) is 0 Å². The maximum Gasteiger partial charge on any atom is 0.243 e. The predicted octanol–water partition coefficient (Wildman–Crippen LogP) is 3.28. The highest BCUT2D eigenvalue weighted by molar-refractivity contribution is 7.89. The number of aromatic nitrogens is 2. The average molecular weight is 401 g/mol. The van der Waals surface area contributed by atoms with Gasteiger partial charge in [-0.1, -0.05) is 26.0 Å². The maximum absolute atomic E-state index is 13.2. The second kappa shape index (κ2) is 7.44. The lowest BCUT2D eigenvalue weighted by Crippen LogP contribution is -2.46. The van der Waals surface area contributed by atoms with Gasteiger partial charge < -0.3 is 4.90 Å². The highest BCUT2D eigenvalue weighted by atomic mass is 32.2. The van der Waals surface area contributed by atoms with E-state index in [0.717, 1.165) is 43.9 Å². The van der Waals surface area contributed by atoms with E-state index in [2.05, 4.69) is 28.7 Å². The Kier molecular flexibility index (Phi) is 5.14. The van der Waals surface area contributed by atoms with E-state index >= 15 is 0 Å². The van der Waals surface area contributed by atoms with Gasteiger partial charge in [-0.25, -0.2) is 18.4 Å². The number of rotatable bonds is 4. The Morgan fingerprint density at radius 2 is 1.71 bits per heavy atom. The van der Waals surface area contributed by atoms with E-state index in [1.54, 1.807) is 28.8 Å². The largest absolute Gasteiger partial charge is 0.340 e. The molecule has 2 aromatic rings. The van der Waals surface area contributed by atoms with Gasteiger partial charge in [-0.3, -0.25) is 0 Å². The Morgan fingerprint density at radius 3 is 2.39 bits per heavy atom. The molecule has 6 nitrogen and oxygen atoms in total. The van der Waals surface area contributed by atoms with Crippen LogP contribution in [-0.4, -0.2) is 48.9 Å². The quantitative estimate of drug-likeness (QED) is 0.788. The molecule has 28 heavy (non-hydrogen) atoms. The molecule has 1 aromatic heterocycles. The van der Waals surface area contributed by atoms with Crippen molar-refractivity contribution in [1.82, 2.24) is 14.3 Å². The van der Waals surface area contributed by atoms with E-state index < -0.39 is 10.0 Å². The van der Waals surface area contributed by atoms with Crippen molar-refractivity contribution in [2.75, 3.05) is 31.1 Å². The van der Waals surface area contributed by atoms with Gasteiger partial charge in [0.2, 0.25) is 16.0 Å². The molecule has 0 saturated carbocycles. The Morgan fingerprint density at radius 1 is 1.00 bits per heavy atom. The van der Waals surface area contributed by atoms with Gasteiger partial charge in [-0.15, -0.1) is 0 Å². The number of hydrogen-bond donors (Lipinski definition) is 0. The summed E-state index contributed by atoms with van der Waals surface area (Å²) in [6, 6.07) is 9.18. The first kappa shape index (κ1) is 19.3. The summed E-state index contributed by atoms with van der Waals surface area (Å²) < 4.78 is 28.0. The van der Waals surface area contributed by atoms with Crippen molar-refractivity contribution in [3.05, 3.63) is 48.3 Å². The molecule has 0 N–H and O–H groups in total. The summed E-state index contributed by atoms with van der Waals surface area (Å²) in [6.45, 7) is 7.12. The van der Waals surface area contributed by atoms with Crippen molar-refractivity contribution in [1.29, 1.82) is 0 Å². The summed E-state index contributed by atoms with van der Waals surface area (Å²) in [5.41, 5.74) is 1.14. The van der Waals surface area contributed by atoms with Crippen molar-refractivity contribution in [3.8, 4) is 0 Å². The molecular formula is C21H28N4O2S. The monoisotopic (exact) mass is 400 g/mol. The van der Waals surface area contributed by atoms with Crippen LogP contribution in [0.1, 0.15) is 44.6 Å². The number of anilines is 1. The van der Waals surface area contributed by atoms with Gasteiger partial charge in [0, 0.05) is 44.0 Å². The van der Waals surface area contributed by atoms with Crippen LogP contribution >= 0.6 is 0 Å². The zero-order chi connectivity index (χ0) is 19.8. The number of nitrogens with zero attached hydrogens (tertiary/aromatic N) is 4. The lowest BCUT2D eigenvalue weighted by atomic mass is 9.79. The van der Waals surface area contributed by atoms with E-state index in [0.29, 0.717) is 23.9 Å². The van der Waals surface area contributed by atoms with Crippen LogP contribution < -0.4 is 4.90 Å². The second-order valence-corrected chi connectivity index (χ2v) is 10.3. The molecule has 150 valence electrons. The summed E-state index contributed by atoms with van der Waals surface area (Å²) in [7, 11) is -3.46. The fraction of sp³-hybridized carbons (Fsp3) is 0.524. The van der Waals surface area contributed by atoms with Crippen LogP contribution in [0.4, 0.5) is 5.95 Å². The normalized spacial score (nSPS) is 23.6. The number of sulfonamides is 1. The van der Waals surface area contributed by atoms with Gasteiger partial charge in [-0.2, -0.15) is 4.31 Å². The number of piperidine rings is 1. The molecule has 1 aromatic carbocycles. The van der Waals surface area contributed by atoms with E-state index in [4.69, 9.17) is 0 Å². The third kappa shape index (κ3) is 3.65. The van der Waals surface area contributed by atoms with E-state index in [1.165, 1.54) is 0 Å². The van der Waals surface area contributed by atoms with Gasteiger partial charge >= 0.3 is 0 Å². The van der Waals surface area contributed by atoms with E-state index in [1.807, 2.05) is 18.2 Å². The Labute approximate surface area is 167 Å². The van der Waals surface area contributed by atoms with Crippen molar-refractivity contribution in [2.24, 2.45) is 5.41 Å².